The monoisotopic (exact) mass is 289 g/mol. The molecule has 1 fully saturated rings. The zero-order valence-corrected chi connectivity index (χ0v) is 14.0. The summed E-state index contributed by atoms with van der Waals surface area (Å²) in [5.74, 6) is 0.954. The highest BCUT2D eigenvalue weighted by Gasteiger charge is 2.32. The molecular weight excluding hydrogens is 258 g/mol. The number of aryl methyl sites for hydroxylation is 1. The average molecular weight is 289 g/mol. The van der Waals surface area contributed by atoms with E-state index in [-0.39, 0.29) is 0 Å². The third-order valence-corrected chi connectivity index (χ3v) is 4.98. The van der Waals surface area contributed by atoms with E-state index in [2.05, 4.69) is 43.4 Å². The van der Waals surface area contributed by atoms with Gasteiger partial charge in [-0.3, -0.25) is 0 Å². The molecule has 1 saturated carbocycles. The van der Waals surface area contributed by atoms with Gasteiger partial charge in [-0.05, 0) is 61.8 Å². The molecule has 0 radical (unpaired) electrons. The molecule has 0 heterocycles. The van der Waals surface area contributed by atoms with Crippen LogP contribution in [0, 0.1) is 5.41 Å². The van der Waals surface area contributed by atoms with Gasteiger partial charge in [0.15, 0.2) is 0 Å². The molecule has 1 aliphatic carbocycles. The molecule has 1 aromatic rings. The van der Waals surface area contributed by atoms with Crippen LogP contribution in [0.1, 0.15) is 57.9 Å². The predicted molar refractivity (Wildman–Crippen MR) is 90.0 cm³/mol. The molecule has 118 valence electrons. The van der Waals surface area contributed by atoms with Crippen LogP contribution in [-0.4, -0.2) is 19.7 Å². The normalized spacial score (nSPS) is 17.3. The lowest BCUT2D eigenvalue weighted by molar-refractivity contribution is 0.243. The first-order chi connectivity index (χ1) is 10.1. The summed E-state index contributed by atoms with van der Waals surface area (Å²) in [6.07, 6.45) is 9.55. The van der Waals surface area contributed by atoms with E-state index in [0.29, 0.717) is 11.5 Å². The molecule has 1 aromatic carbocycles. The zero-order valence-electron chi connectivity index (χ0n) is 14.0. The van der Waals surface area contributed by atoms with Crippen LogP contribution in [0.5, 0.6) is 5.75 Å². The van der Waals surface area contributed by atoms with Crippen molar-refractivity contribution < 1.29 is 4.74 Å². The highest BCUT2D eigenvalue weighted by molar-refractivity contribution is 5.27. The van der Waals surface area contributed by atoms with Gasteiger partial charge in [0.1, 0.15) is 5.75 Å². The molecule has 1 N–H and O–H groups in total. The van der Waals surface area contributed by atoms with E-state index in [1.54, 1.807) is 7.11 Å². The summed E-state index contributed by atoms with van der Waals surface area (Å²) in [4.78, 5) is 0. The molecule has 0 atom stereocenters. The minimum atomic E-state index is 0.585. The fourth-order valence-electron chi connectivity index (χ4n) is 3.58. The van der Waals surface area contributed by atoms with Gasteiger partial charge in [-0.25, -0.2) is 0 Å². The third-order valence-electron chi connectivity index (χ3n) is 4.98. The molecule has 0 aliphatic heterocycles. The zero-order chi connectivity index (χ0) is 15.1. The summed E-state index contributed by atoms with van der Waals surface area (Å²) in [7, 11) is 1.73. The lowest BCUT2D eigenvalue weighted by Gasteiger charge is -2.30. The maximum absolute atomic E-state index is 5.23. The van der Waals surface area contributed by atoms with Crippen molar-refractivity contribution >= 4 is 0 Å². The van der Waals surface area contributed by atoms with Crippen LogP contribution < -0.4 is 10.1 Å². The lowest BCUT2D eigenvalue weighted by Crippen LogP contribution is -2.29. The quantitative estimate of drug-likeness (QED) is 0.756. The smallest absolute Gasteiger partial charge is 0.118 e. The fourth-order valence-corrected chi connectivity index (χ4v) is 3.58. The molecule has 0 aromatic heterocycles. The largest absolute Gasteiger partial charge is 0.497 e. The Morgan fingerprint density at radius 1 is 1.10 bits per heavy atom. The van der Waals surface area contributed by atoms with Crippen molar-refractivity contribution in [2.45, 2.75) is 64.8 Å². The maximum atomic E-state index is 5.23. The molecule has 2 nitrogen and oxygen atoms in total. The van der Waals surface area contributed by atoms with Gasteiger partial charge in [0.25, 0.3) is 0 Å². The Balaban J connectivity index is 1.86. The SMILES string of the molecule is COc1ccc(CCC2(CCNC(C)C)CCCC2)cc1. The van der Waals surface area contributed by atoms with Crippen molar-refractivity contribution in [3.05, 3.63) is 29.8 Å². The van der Waals surface area contributed by atoms with E-state index in [0.717, 1.165) is 5.75 Å². The first-order valence-electron chi connectivity index (χ1n) is 8.50. The molecule has 1 aliphatic rings. The minimum absolute atomic E-state index is 0.585. The molecule has 0 bridgehead atoms. The Morgan fingerprint density at radius 2 is 1.76 bits per heavy atom. The number of rotatable bonds is 8. The number of ether oxygens (including phenoxy) is 1. The summed E-state index contributed by atoms with van der Waals surface area (Å²) in [5.41, 5.74) is 2.03. The minimum Gasteiger partial charge on any atom is -0.497 e. The van der Waals surface area contributed by atoms with Crippen molar-refractivity contribution in [1.29, 1.82) is 0 Å². The Bertz CT molecular complexity index is 404. The Labute approximate surface area is 130 Å². The highest BCUT2D eigenvalue weighted by Crippen LogP contribution is 2.44. The molecule has 0 saturated heterocycles. The number of methoxy groups -OCH3 is 1. The number of hydrogen-bond acceptors (Lipinski definition) is 2. The highest BCUT2D eigenvalue weighted by atomic mass is 16.5. The standard InChI is InChI=1S/C19H31NO/c1-16(2)20-15-14-19(11-4-5-12-19)13-10-17-6-8-18(21-3)9-7-17/h6-9,16,20H,4-5,10-15H2,1-3H3. The van der Waals surface area contributed by atoms with Gasteiger partial charge in [0.2, 0.25) is 0 Å². The van der Waals surface area contributed by atoms with Crippen molar-refractivity contribution in [2.24, 2.45) is 5.41 Å². The first kappa shape index (κ1) is 16.4. The number of nitrogens with one attached hydrogen (secondary N) is 1. The fraction of sp³-hybridized carbons (Fsp3) is 0.684. The average Bonchev–Trinajstić information content (AvgIpc) is 2.94. The van der Waals surface area contributed by atoms with Crippen LogP contribution in [0.4, 0.5) is 0 Å². The predicted octanol–water partition coefficient (Wildman–Crippen LogP) is 4.58. The Hall–Kier alpha value is -1.02. The van der Waals surface area contributed by atoms with E-state index in [1.807, 2.05) is 0 Å². The molecule has 2 heteroatoms. The van der Waals surface area contributed by atoms with E-state index >= 15 is 0 Å². The summed E-state index contributed by atoms with van der Waals surface area (Å²) in [5, 5.41) is 3.59. The van der Waals surface area contributed by atoms with Crippen LogP contribution >= 0.6 is 0 Å². The number of benzene rings is 1. The second-order valence-corrected chi connectivity index (χ2v) is 6.91. The second-order valence-electron chi connectivity index (χ2n) is 6.91. The van der Waals surface area contributed by atoms with Gasteiger partial charge in [0, 0.05) is 6.04 Å². The van der Waals surface area contributed by atoms with Gasteiger partial charge in [0.05, 0.1) is 7.11 Å². The molecule has 21 heavy (non-hydrogen) atoms. The van der Waals surface area contributed by atoms with Crippen LogP contribution in [0.3, 0.4) is 0 Å². The van der Waals surface area contributed by atoms with Crippen LogP contribution in [0.2, 0.25) is 0 Å². The van der Waals surface area contributed by atoms with Crippen molar-refractivity contribution in [1.82, 2.24) is 5.32 Å². The third kappa shape index (κ3) is 5.03. The Morgan fingerprint density at radius 3 is 2.33 bits per heavy atom. The van der Waals surface area contributed by atoms with E-state index in [1.165, 1.54) is 57.1 Å². The van der Waals surface area contributed by atoms with E-state index in [4.69, 9.17) is 4.74 Å². The van der Waals surface area contributed by atoms with E-state index in [9.17, 15) is 0 Å². The van der Waals surface area contributed by atoms with Crippen LogP contribution in [-0.2, 0) is 6.42 Å². The topological polar surface area (TPSA) is 21.3 Å². The van der Waals surface area contributed by atoms with Crippen LogP contribution in [0.25, 0.3) is 0 Å². The molecule has 0 amide bonds. The first-order valence-corrected chi connectivity index (χ1v) is 8.50. The summed E-state index contributed by atoms with van der Waals surface area (Å²) in [6, 6.07) is 9.19. The van der Waals surface area contributed by atoms with Gasteiger partial charge in [-0.2, -0.15) is 0 Å². The van der Waals surface area contributed by atoms with Gasteiger partial charge in [-0.1, -0.05) is 38.8 Å². The summed E-state index contributed by atoms with van der Waals surface area (Å²) >= 11 is 0. The second kappa shape index (κ2) is 7.84. The van der Waals surface area contributed by atoms with Crippen LogP contribution in [0.15, 0.2) is 24.3 Å². The molecule has 0 unspecified atom stereocenters. The number of hydrogen-bond donors (Lipinski definition) is 1. The van der Waals surface area contributed by atoms with Crippen molar-refractivity contribution in [3.8, 4) is 5.75 Å². The van der Waals surface area contributed by atoms with Gasteiger partial charge in [-0.15, -0.1) is 0 Å². The molecular formula is C19H31NO. The Kier molecular flexibility index (Phi) is 6.10. The summed E-state index contributed by atoms with van der Waals surface area (Å²) in [6.45, 7) is 5.64. The van der Waals surface area contributed by atoms with Crippen molar-refractivity contribution in [2.75, 3.05) is 13.7 Å². The molecule has 0 spiro atoms. The summed E-state index contributed by atoms with van der Waals surface area (Å²) < 4.78 is 5.23. The maximum Gasteiger partial charge on any atom is 0.118 e. The van der Waals surface area contributed by atoms with Gasteiger partial charge < -0.3 is 10.1 Å². The molecule has 2 rings (SSSR count). The lowest BCUT2D eigenvalue weighted by atomic mass is 9.77. The van der Waals surface area contributed by atoms with E-state index < -0.39 is 0 Å². The van der Waals surface area contributed by atoms with Crippen molar-refractivity contribution in [3.63, 3.8) is 0 Å². The van der Waals surface area contributed by atoms with Gasteiger partial charge >= 0.3 is 0 Å².